The molecule has 2 aromatic rings. The maximum Gasteiger partial charge on any atom is 0.221 e. The maximum atomic E-state index is 11.2. The van der Waals surface area contributed by atoms with Crippen LogP contribution in [0.5, 0.6) is 0 Å². The summed E-state index contributed by atoms with van der Waals surface area (Å²) in [4.78, 5) is 14.5. The van der Waals surface area contributed by atoms with E-state index in [1.54, 1.807) is 0 Å². The van der Waals surface area contributed by atoms with Crippen LogP contribution < -0.4 is 5.73 Å². The summed E-state index contributed by atoms with van der Waals surface area (Å²) in [6.45, 7) is 0. The molecule has 1 aromatic heterocycles. The van der Waals surface area contributed by atoms with E-state index in [0.29, 0.717) is 12.8 Å². The van der Waals surface area contributed by atoms with E-state index in [9.17, 15) is 13.2 Å². The zero-order valence-corrected chi connectivity index (χ0v) is 12.2. The Labute approximate surface area is 118 Å². The minimum Gasteiger partial charge on any atom is -0.369 e. The van der Waals surface area contributed by atoms with Crippen molar-refractivity contribution in [1.29, 1.82) is 0 Å². The van der Waals surface area contributed by atoms with Gasteiger partial charge in [0.1, 0.15) is 9.84 Å². The second-order valence-corrected chi connectivity index (χ2v) is 7.26. The number of carbonyl (C=O) groups is 1. The highest BCUT2D eigenvalue weighted by Crippen LogP contribution is 2.24. The Morgan fingerprint density at radius 1 is 1.30 bits per heavy atom. The van der Waals surface area contributed by atoms with Crippen molar-refractivity contribution in [3.05, 3.63) is 35.5 Å². The standard InChI is InChI=1S/C14H18N2O3S/c1-20(18,19)8-4-7-13-11(9-14(15)17)10-5-2-3-6-12(10)16-13/h2-3,5-6,16H,4,7-9H2,1H3,(H2,15,17). The van der Waals surface area contributed by atoms with Gasteiger partial charge in [-0.25, -0.2) is 8.42 Å². The van der Waals surface area contributed by atoms with E-state index in [0.717, 1.165) is 22.2 Å². The Hall–Kier alpha value is -1.82. The first-order chi connectivity index (χ1) is 9.37. The second-order valence-electron chi connectivity index (χ2n) is 5.00. The van der Waals surface area contributed by atoms with E-state index in [1.807, 2.05) is 24.3 Å². The van der Waals surface area contributed by atoms with Crippen LogP contribution >= 0.6 is 0 Å². The van der Waals surface area contributed by atoms with E-state index >= 15 is 0 Å². The van der Waals surface area contributed by atoms with E-state index in [-0.39, 0.29) is 18.1 Å². The minimum absolute atomic E-state index is 0.137. The highest BCUT2D eigenvalue weighted by Gasteiger charge is 2.13. The van der Waals surface area contributed by atoms with Crippen molar-refractivity contribution >= 4 is 26.6 Å². The monoisotopic (exact) mass is 294 g/mol. The Kier molecular flexibility index (Phi) is 4.13. The van der Waals surface area contributed by atoms with Crippen LogP contribution in [0.3, 0.4) is 0 Å². The molecule has 0 bridgehead atoms. The summed E-state index contributed by atoms with van der Waals surface area (Å²) in [6, 6.07) is 7.68. The van der Waals surface area contributed by atoms with Gasteiger partial charge < -0.3 is 10.7 Å². The predicted octanol–water partition coefficient (Wildman–Crippen LogP) is 1.17. The lowest BCUT2D eigenvalue weighted by atomic mass is 10.0. The lowest BCUT2D eigenvalue weighted by Crippen LogP contribution is -2.14. The molecule has 0 saturated carbocycles. The first-order valence-electron chi connectivity index (χ1n) is 6.41. The number of sulfone groups is 1. The molecule has 0 aliphatic carbocycles. The second kappa shape index (κ2) is 5.66. The van der Waals surface area contributed by atoms with E-state index in [1.165, 1.54) is 6.26 Å². The van der Waals surface area contributed by atoms with Crippen LogP contribution in [0.15, 0.2) is 24.3 Å². The molecule has 0 atom stereocenters. The first kappa shape index (κ1) is 14.6. The number of aryl methyl sites for hydroxylation is 1. The summed E-state index contributed by atoms with van der Waals surface area (Å²) in [5.74, 6) is -0.252. The number of rotatable bonds is 6. The Morgan fingerprint density at radius 2 is 2.00 bits per heavy atom. The largest absolute Gasteiger partial charge is 0.369 e. The number of nitrogens with one attached hydrogen (secondary N) is 1. The topological polar surface area (TPSA) is 93.0 Å². The van der Waals surface area contributed by atoms with Crippen LogP contribution in [0.4, 0.5) is 0 Å². The van der Waals surface area contributed by atoms with Crippen molar-refractivity contribution in [3.63, 3.8) is 0 Å². The maximum absolute atomic E-state index is 11.2. The number of aromatic amines is 1. The van der Waals surface area contributed by atoms with Crippen molar-refractivity contribution in [2.24, 2.45) is 5.73 Å². The number of hydrogen-bond donors (Lipinski definition) is 2. The lowest BCUT2D eigenvalue weighted by molar-refractivity contribution is -0.117. The molecular weight excluding hydrogens is 276 g/mol. The van der Waals surface area contributed by atoms with Gasteiger partial charge in [0.2, 0.25) is 5.91 Å². The molecule has 1 amide bonds. The molecule has 1 heterocycles. The third kappa shape index (κ3) is 3.60. The molecule has 1 aromatic carbocycles. The number of benzene rings is 1. The van der Waals surface area contributed by atoms with Gasteiger partial charge in [-0.2, -0.15) is 0 Å². The molecule has 0 radical (unpaired) electrons. The van der Waals surface area contributed by atoms with Gasteiger partial charge in [-0.1, -0.05) is 18.2 Å². The molecule has 3 N–H and O–H groups in total. The van der Waals surface area contributed by atoms with Gasteiger partial charge in [0.15, 0.2) is 0 Å². The van der Waals surface area contributed by atoms with Crippen LogP contribution in [0.1, 0.15) is 17.7 Å². The average molecular weight is 294 g/mol. The fourth-order valence-electron chi connectivity index (χ4n) is 2.36. The van der Waals surface area contributed by atoms with Crippen LogP contribution in [0.25, 0.3) is 10.9 Å². The SMILES string of the molecule is CS(=O)(=O)CCCc1[nH]c2ccccc2c1CC(N)=O. The van der Waals surface area contributed by atoms with Crippen molar-refractivity contribution in [3.8, 4) is 0 Å². The summed E-state index contributed by atoms with van der Waals surface area (Å²) >= 11 is 0. The Morgan fingerprint density at radius 3 is 2.65 bits per heavy atom. The van der Waals surface area contributed by atoms with Gasteiger partial charge >= 0.3 is 0 Å². The number of aromatic nitrogens is 1. The summed E-state index contributed by atoms with van der Waals surface area (Å²) in [6.07, 6.45) is 2.50. The highest BCUT2D eigenvalue weighted by atomic mass is 32.2. The first-order valence-corrected chi connectivity index (χ1v) is 8.47. The quantitative estimate of drug-likeness (QED) is 0.837. The van der Waals surface area contributed by atoms with Gasteiger partial charge in [0, 0.05) is 22.9 Å². The molecule has 0 spiro atoms. The van der Waals surface area contributed by atoms with E-state index in [4.69, 9.17) is 5.73 Å². The Bertz CT molecular complexity index is 732. The molecule has 5 nitrogen and oxygen atoms in total. The van der Waals surface area contributed by atoms with Gasteiger partial charge in [0.05, 0.1) is 12.2 Å². The third-order valence-corrected chi connectivity index (χ3v) is 4.23. The molecule has 0 fully saturated rings. The summed E-state index contributed by atoms with van der Waals surface area (Å²) < 4.78 is 22.3. The van der Waals surface area contributed by atoms with Crippen molar-refractivity contribution in [1.82, 2.24) is 4.98 Å². The van der Waals surface area contributed by atoms with E-state index < -0.39 is 9.84 Å². The number of primary amides is 1. The van der Waals surface area contributed by atoms with Crippen molar-refractivity contribution in [2.45, 2.75) is 19.3 Å². The molecule has 6 heteroatoms. The predicted molar refractivity (Wildman–Crippen MR) is 79.2 cm³/mol. The lowest BCUT2D eigenvalue weighted by Gasteiger charge is -2.03. The molecule has 0 unspecified atom stereocenters. The number of para-hydroxylation sites is 1. The van der Waals surface area contributed by atoms with Crippen LogP contribution in [0.2, 0.25) is 0 Å². The van der Waals surface area contributed by atoms with Crippen molar-refractivity contribution < 1.29 is 13.2 Å². The molecule has 0 saturated heterocycles. The zero-order valence-electron chi connectivity index (χ0n) is 11.3. The minimum atomic E-state index is -2.97. The summed E-state index contributed by atoms with van der Waals surface area (Å²) in [7, 11) is -2.97. The normalized spacial score (nSPS) is 11.8. The van der Waals surface area contributed by atoms with Crippen LogP contribution in [0, 0.1) is 0 Å². The van der Waals surface area contributed by atoms with Gasteiger partial charge in [0.25, 0.3) is 0 Å². The number of fused-ring (bicyclic) bond motifs is 1. The molecular formula is C14H18N2O3S. The van der Waals surface area contributed by atoms with Gasteiger partial charge in [-0.05, 0) is 24.5 Å². The number of hydrogen-bond acceptors (Lipinski definition) is 3. The van der Waals surface area contributed by atoms with E-state index in [2.05, 4.69) is 4.98 Å². The average Bonchev–Trinajstić information content (AvgIpc) is 2.66. The smallest absolute Gasteiger partial charge is 0.221 e. The molecule has 0 aliphatic heterocycles. The molecule has 0 aliphatic rings. The summed E-state index contributed by atoms with van der Waals surface area (Å²) in [5.41, 5.74) is 8.01. The summed E-state index contributed by atoms with van der Waals surface area (Å²) in [5, 5.41) is 0.973. The van der Waals surface area contributed by atoms with Crippen LogP contribution in [-0.4, -0.2) is 31.3 Å². The van der Waals surface area contributed by atoms with Crippen molar-refractivity contribution in [2.75, 3.05) is 12.0 Å². The van der Waals surface area contributed by atoms with Gasteiger partial charge in [-0.15, -0.1) is 0 Å². The fourth-order valence-corrected chi connectivity index (χ4v) is 3.03. The van der Waals surface area contributed by atoms with Crippen LogP contribution in [-0.2, 0) is 27.5 Å². The third-order valence-electron chi connectivity index (χ3n) is 3.19. The molecule has 20 heavy (non-hydrogen) atoms. The highest BCUT2D eigenvalue weighted by molar-refractivity contribution is 7.90. The number of H-pyrrole nitrogens is 1. The Balaban J connectivity index is 2.29. The zero-order chi connectivity index (χ0) is 14.8. The number of amides is 1. The molecule has 2 rings (SSSR count). The molecule has 108 valence electrons. The number of carbonyl (C=O) groups excluding carboxylic acids is 1. The number of nitrogens with two attached hydrogens (primary N) is 1. The van der Waals surface area contributed by atoms with Gasteiger partial charge in [-0.3, -0.25) is 4.79 Å². The fraction of sp³-hybridized carbons (Fsp3) is 0.357.